The van der Waals surface area contributed by atoms with E-state index in [4.69, 9.17) is 5.73 Å². The van der Waals surface area contributed by atoms with Crippen molar-refractivity contribution in [3.8, 4) is 6.07 Å². The molecular formula is C25H22F2N9O+. The van der Waals surface area contributed by atoms with Crippen LogP contribution in [0.25, 0.3) is 0 Å². The van der Waals surface area contributed by atoms with E-state index in [-0.39, 0.29) is 34.6 Å². The first kappa shape index (κ1) is 23.1. The molecule has 3 unspecified atom stereocenters. The highest BCUT2D eigenvalue weighted by Gasteiger charge is 2.64. The topological polar surface area (TPSA) is 134 Å². The van der Waals surface area contributed by atoms with Crippen LogP contribution in [0.15, 0.2) is 47.8 Å². The first-order chi connectivity index (χ1) is 17.7. The minimum atomic E-state index is -2.91. The van der Waals surface area contributed by atoms with Crippen LogP contribution >= 0.6 is 0 Å². The third-order valence-electron chi connectivity index (χ3n) is 7.25. The van der Waals surface area contributed by atoms with E-state index >= 15 is 0 Å². The number of guanidine groups is 1. The second kappa shape index (κ2) is 8.07. The second-order valence-corrected chi connectivity index (χ2v) is 9.65. The van der Waals surface area contributed by atoms with Gasteiger partial charge in [0, 0.05) is 24.4 Å². The number of carbonyl (C=O) groups excluding carboxylic acids is 1. The summed E-state index contributed by atoms with van der Waals surface area (Å²) in [5, 5.41) is 9.25. The Hall–Kier alpha value is -4.37. The maximum Gasteiger partial charge on any atom is 0.365 e. The lowest BCUT2D eigenvalue weighted by molar-refractivity contribution is -0.746. The highest BCUT2D eigenvalue weighted by molar-refractivity contribution is 5.90. The summed E-state index contributed by atoms with van der Waals surface area (Å²) in [6.45, 7) is 1.90. The Morgan fingerprint density at radius 3 is 2.81 bits per heavy atom. The predicted molar refractivity (Wildman–Crippen MR) is 126 cm³/mol. The zero-order valence-electron chi connectivity index (χ0n) is 19.8. The number of rotatable bonds is 4. The van der Waals surface area contributed by atoms with Gasteiger partial charge >= 0.3 is 5.91 Å². The molecule has 12 heteroatoms. The molecule has 6 heterocycles. The molecule has 3 aliphatic heterocycles. The van der Waals surface area contributed by atoms with Gasteiger partial charge in [0.2, 0.25) is 6.04 Å². The van der Waals surface area contributed by atoms with Gasteiger partial charge in [0.05, 0.1) is 41.4 Å². The molecule has 0 aromatic carbocycles. The smallest absolute Gasteiger partial charge is 0.365 e. The highest BCUT2D eigenvalue weighted by Crippen LogP contribution is 2.49. The summed E-state index contributed by atoms with van der Waals surface area (Å²) in [7, 11) is 0. The molecule has 10 nitrogen and oxygen atoms in total. The van der Waals surface area contributed by atoms with Crippen LogP contribution in [-0.4, -0.2) is 60.2 Å². The summed E-state index contributed by atoms with van der Waals surface area (Å²) < 4.78 is 28.5. The number of hydrogen-bond acceptors (Lipinski definition) is 9. The van der Waals surface area contributed by atoms with E-state index in [1.807, 2.05) is 0 Å². The van der Waals surface area contributed by atoms with Gasteiger partial charge in [-0.05, 0) is 31.2 Å². The number of aromatic nitrogens is 4. The number of nitrogens with zero attached hydrogens (tertiary/aromatic N) is 8. The molecule has 2 saturated heterocycles. The monoisotopic (exact) mass is 502 g/mol. The van der Waals surface area contributed by atoms with E-state index in [1.54, 1.807) is 43.6 Å². The van der Waals surface area contributed by atoms with Gasteiger partial charge in [-0.25, -0.2) is 38.0 Å². The Morgan fingerprint density at radius 1 is 1.30 bits per heavy atom. The Labute approximate surface area is 210 Å². The third-order valence-corrected chi connectivity index (χ3v) is 7.25. The molecule has 2 N–H and O–H groups in total. The van der Waals surface area contributed by atoms with Crippen LogP contribution in [0.3, 0.4) is 0 Å². The average molecular weight is 503 g/mol. The standard InChI is InChI=1S/C25H21F2N9O/c1-14-15(9-28)3-4-16(33-14)11-36(12-21(36)22-30-5-2-6-31-22)23(37)18-7-17-19(10-32-18)34-24(29)35-13-25(26,27)8-20(17)35/h2-7,10,20-21H,8,11-13H2,1H3,(H-,29,34,37)/p+1. The van der Waals surface area contributed by atoms with Gasteiger partial charge in [-0.1, -0.05) is 0 Å². The number of nitrogens with two attached hydrogens (primary N) is 1. The summed E-state index contributed by atoms with van der Waals surface area (Å²) in [5.74, 6) is -2.66. The van der Waals surface area contributed by atoms with Gasteiger partial charge in [-0.15, -0.1) is 0 Å². The summed E-state index contributed by atoms with van der Waals surface area (Å²) in [5.41, 5.74) is 8.65. The lowest BCUT2D eigenvalue weighted by Crippen LogP contribution is -2.40. The van der Waals surface area contributed by atoms with Crippen LogP contribution in [-0.2, 0) is 6.54 Å². The molecule has 3 aromatic heterocycles. The van der Waals surface area contributed by atoms with Crippen molar-refractivity contribution in [1.29, 1.82) is 5.26 Å². The minimum Gasteiger partial charge on any atom is -0.369 e. The molecular weight excluding hydrogens is 480 g/mol. The van der Waals surface area contributed by atoms with Gasteiger partial charge in [-0.2, -0.15) is 5.26 Å². The number of aryl methyl sites for hydroxylation is 1. The van der Waals surface area contributed by atoms with Crippen molar-refractivity contribution >= 4 is 17.6 Å². The second-order valence-electron chi connectivity index (χ2n) is 9.65. The fourth-order valence-corrected chi connectivity index (χ4v) is 5.32. The van der Waals surface area contributed by atoms with Gasteiger partial charge < -0.3 is 10.6 Å². The number of alkyl halides is 2. The van der Waals surface area contributed by atoms with Gasteiger partial charge in [0.1, 0.15) is 19.2 Å². The largest absolute Gasteiger partial charge is 0.369 e. The molecule has 0 radical (unpaired) electrons. The van der Waals surface area contributed by atoms with Crippen LogP contribution in [0, 0.1) is 18.3 Å². The van der Waals surface area contributed by atoms with Crippen molar-refractivity contribution < 1.29 is 18.1 Å². The van der Waals surface area contributed by atoms with Gasteiger partial charge in [0.25, 0.3) is 5.92 Å². The summed E-state index contributed by atoms with van der Waals surface area (Å²) >= 11 is 0. The number of quaternary nitrogens is 1. The van der Waals surface area contributed by atoms with E-state index in [1.165, 1.54) is 11.1 Å². The van der Waals surface area contributed by atoms with Crippen molar-refractivity contribution in [3.63, 3.8) is 0 Å². The lowest BCUT2D eigenvalue weighted by atomic mass is 10.0. The Balaban J connectivity index is 1.39. The fraction of sp³-hybridized carbons (Fsp3) is 0.320. The van der Waals surface area contributed by atoms with E-state index in [0.29, 0.717) is 40.6 Å². The van der Waals surface area contributed by atoms with Crippen LogP contribution in [0.5, 0.6) is 0 Å². The van der Waals surface area contributed by atoms with Crippen molar-refractivity contribution in [2.75, 3.05) is 13.1 Å². The molecule has 3 aliphatic rings. The first-order valence-corrected chi connectivity index (χ1v) is 11.7. The fourth-order valence-electron chi connectivity index (χ4n) is 5.32. The molecule has 1 amide bonds. The zero-order valence-corrected chi connectivity index (χ0v) is 19.8. The molecule has 0 bridgehead atoms. The Kier molecular flexibility index (Phi) is 5.03. The van der Waals surface area contributed by atoms with Crippen molar-refractivity contribution in [2.45, 2.75) is 37.9 Å². The van der Waals surface area contributed by atoms with Gasteiger partial charge in [-0.3, -0.25) is 4.98 Å². The first-order valence-electron chi connectivity index (χ1n) is 11.7. The minimum absolute atomic E-state index is 0.0218. The van der Waals surface area contributed by atoms with Crippen molar-refractivity contribution in [3.05, 3.63) is 76.9 Å². The Morgan fingerprint density at radius 2 is 2.08 bits per heavy atom. The number of hydrogen-bond donors (Lipinski definition) is 1. The zero-order chi connectivity index (χ0) is 25.9. The van der Waals surface area contributed by atoms with E-state index in [2.05, 4.69) is 31.0 Å². The van der Waals surface area contributed by atoms with Crippen LogP contribution < -0.4 is 5.73 Å². The molecule has 37 heavy (non-hydrogen) atoms. The maximum atomic E-state index is 14.3. The summed E-state index contributed by atoms with van der Waals surface area (Å²) in [6.07, 6.45) is 4.25. The molecule has 0 saturated carbocycles. The predicted octanol–water partition coefficient (Wildman–Crippen LogP) is 2.70. The van der Waals surface area contributed by atoms with Crippen LogP contribution in [0.4, 0.5) is 14.5 Å². The van der Waals surface area contributed by atoms with E-state index < -0.39 is 24.9 Å². The quantitative estimate of drug-likeness (QED) is 0.425. The lowest BCUT2D eigenvalue weighted by Gasteiger charge is -2.30. The van der Waals surface area contributed by atoms with Crippen molar-refractivity contribution in [1.82, 2.24) is 24.8 Å². The number of fused-ring (bicyclic) bond motifs is 3. The normalized spacial score (nSPS) is 25.0. The molecule has 0 spiro atoms. The highest BCUT2D eigenvalue weighted by atomic mass is 19.3. The molecule has 6 rings (SSSR count). The Bertz CT molecular complexity index is 1500. The molecule has 2 fully saturated rings. The van der Waals surface area contributed by atoms with Crippen LogP contribution in [0.2, 0.25) is 0 Å². The van der Waals surface area contributed by atoms with Crippen molar-refractivity contribution in [2.24, 2.45) is 10.7 Å². The number of carbonyl (C=O) groups is 1. The summed E-state index contributed by atoms with van der Waals surface area (Å²) in [6, 6.07) is 7.78. The van der Waals surface area contributed by atoms with Crippen LogP contribution in [0.1, 0.15) is 57.3 Å². The van der Waals surface area contributed by atoms with E-state index in [9.17, 15) is 18.8 Å². The number of pyridine rings is 2. The molecule has 3 atom stereocenters. The molecule has 186 valence electrons. The van der Waals surface area contributed by atoms with Gasteiger partial charge in [0.15, 0.2) is 17.5 Å². The molecule has 3 aromatic rings. The third kappa shape index (κ3) is 3.79. The number of halogens is 2. The SMILES string of the molecule is Cc1nc(C[N+]2(C(=O)c3cc4c(cn3)N=C(N)N3CC(F)(F)CC43)CC2c2ncccn2)ccc1C#N. The number of aliphatic imine (C=N–C) groups is 1. The maximum absolute atomic E-state index is 14.3. The average Bonchev–Trinajstić information content (AvgIpc) is 3.50. The summed E-state index contributed by atoms with van der Waals surface area (Å²) in [4.78, 5) is 37.3. The molecule has 0 aliphatic carbocycles. The van der Waals surface area contributed by atoms with E-state index in [0.717, 1.165) is 0 Å². The number of amides is 1. The number of nitriles is 1.